The average molecular weight is 263 g/mol. The molecule has 104 valence electrons. The summed E-state index contributed by atoms with van der Waals surface area (Å²) in [6, 6.07) is 7.69. The predicted octanol–water partition coefficient (Wildman–Crippen LogP) is 0.984. The van der Waals surface area contributed by atoms with Gasteiger partial charge < -0.3 is 16.0 Å². The monoisotopic (exact) mass is 263 g/mol. The number of benzene rings is 1. The molecule has 1 aromatic carbocycles. The minimum absolute atomic E-state index is 0.127. The van der Waals surface area contributed by atoms with Gasteiger partial charge in [-0.3, -0.25) is 4.90 Å². The Morgan fingerprint density at radius 2 is 2.16 bits per heavy atom. The molecule has 2 atom stereocenters. The maximum absolute atomic E-state index is 9.58. The highest BCUT2D eigenvalue weighted by atomic mass is 16.4. The number of hydrogen-bond donors (Lipinski definition) is 3. The van der Waals surface area contributed by atoms with E-state index >= 15 is 0 Å². The molecular formula is C14H21N3O2. The minimum Gasteiger partial charge on any atom is -0.409 e. The van der Waals surface area contributed by atoms with E-state index in [1.54, 1.807) is 0 Å². The van der Waals surface area contributed by atoms with Crippen molar-refractivity contribution >= 4 is 5.84 Å². The smallest absolute Gasteiger partial charge is 0.170 e. The van der Waals surface area contributed by atoms with E-state index in [0.717, 1.165) is 31.6 Å². The fourth-order valence-electron chi connectivity index (χ4n) is 2.50. The summed E-state index contributed by atoms with van der Waals surface area (Å²) in [5.74, 6) is 0.512. The summed E-state index contributed by atoms with van der Waals surface area (Å²) in [6.45, 7) is 4.71. The maximum atomic E-state index is 9.58. The van der Waals surface area contributed by atoms with E-state index < -0.39 is 0 Å². The topological polar surface area (TPSA) is 82.1 Å². The molecule has 0 bridgehead atoms. The third-order valence-electron chi connectivity index (χ3n) is 3.75. The van der Waals surface area contributed by atoms with Gasteiger partial charge in [0, 0.05) is 18.7 Å². The molecule has 0 saturated carbocycles. The van der Waals surface area contributed by atoms with Crippen molar-refractivity contribution in [3.8, 4) is 0 Å². The number of hydrogen-bond acceptors (Lipinski definition) is 4. The molecule has 0 radical (unpaired) electrons. The van der Waals surface area contributed by atoms with Gasteiger partial charge in [-0.2, -0.15) is 0 Å². The van der Waals surface area contributed by atoms with Crippen LogP contribution in [-0.2, 0) is 6.54 Å². The summed E-state index contributed by atoms with van der Waals surface area (Å²) in [7, 11) is 0. The van der Waals surface area contributed by atoms with Crippen LogP contribution in [-0.4, -0.2) is 40.2 Å². The first-order chi connectivity index (χ1) is 9.10. The molecule has 1 fully saturated rings. The molecule has 1 heterocycles. The molecule has 5 nitrogen and oxygen atoms in total. The minimum atomic E-state index is -0.229. The number of oxime groups is 1. The van der Waals surface area contributed by atoms with Crippen molar-refractivity contribution in [3.63, 3.8) is 0 Å². The molecule has 1 aromatic rings. The van der Waals surface area contributed by atoms with Gasteiger partial charge >= 0.3 is 0 Å². The average Bonchev–Trinajstić information content (AvgIpc) is 2.87. The van der Waals surface area contributed by atoms with Gasteiger partial charge in [0.15, 0.2) is 5.84 Å². The van der Waals surface area contributed by atoms with Crippen molar-refractivity contribution in [3.05, 3.63) is 35.4 Å². The Balaban J connectivity index is 1.94. The Morgan fingerprint density at radius 3 is 2.68 bits per heavy atom. The summed E-state index contributed by atoms with van der Waals surface area (Å²) in [6.07, 6.45) is 0.827. The van der Waals surface area contributed by atoms with E-state index in [1.807, 2.05) is 31.2 Å². The Hall–Kier alpha value is -1.59. The number of aliphatic hydroxyl groups excluding tert-OH is 1. The van der Waals surface area contributed by atoms with Crippen LogP contribution in [0.25, 0.3) is 0 Å². The quantitative estimate of drug-likeness (QED) is 0.327. The SMILES string of the molecule is CC(O)C1CCN(Cc2ccc(/C(N)=N/O)cc2)C1. The fraction of sp³-hybridized carbons (Fsp3) is 0.500. The third kappa shape index (κ3) is 3.45. The van der Waals surface area contributed by atoms with Crippen LogP contribution in [0.1, 0.15) is 24.5 Å². The molecule has 2 rings (SSSR count). The first-order valence-corrected chi connectivity index (χ1v) is 6.57. The first-order valence-electron chi connectivity index (χ1n) is 6.57. The lowest BCUT2D eigenvalue weighted by Gasteiger charge is -2.17. The predicted molar refractivity (Wildman–Crippen MR) is 74.0 cm³/mol. The summed E-state index contributed by atoms with van der Waals surface area (Å²) < 4.78 is 0. The normalized spacial score (nSPS) is 22.6. The van der Waals surface area contributed by atoms with Crippen molar-refractivity contribution in [1.29, 1.82) is 0 Å². The van der Waals surface area contributed by atoms with E-state index in [4.69, 9.17) is 10.9 Å². The van der Waals surface area contributed by atoms with Crippen LogP contribution in [0.3, 0.4) is 0 Å². The number of aliphatic hydroxyl groups is 1. The highest BCUT2D eigenvalue weighted by molar-refractivity contribution is 5.96. The Kier molecular flexibility index (Phi) is 4.39. The molecular weight excluding hydrogens is 242 g/mol. The lowest BCUT2D eigenvalue weighted by molar-refractivity contribution is 0.127. The molecule has 1 saturated heterocycles. The van der Waals surface area contributed by atoms with E-state index in [-0.39, 0.29) is 11.9 Å². The van der Waals surface area contributed by atoms with E-state index in [1.165, 1.54) is 5.56 Å². The second kappa shape index (κ2) is 6.04. The van der Waals surface area contributed by atoms with Crippen molar-refractivity contribution in [2.75, 3.05) is 13.1 Å². The van der Waals surface area contributed by atoms with Crippen molar-refractivity contribution < 1.29 is 10.3 Å². The lowest BCUT2D eigenvalue weighted by Crippen LogP contribution is -2.24. The molecule has 19 heavy (non-hydrogen) atoms. The third-order valence-corrected chi connectivity index (χ3v) is 3.75. The van der Waals surface area contributed by atoms with Crippen LogP contribution in [0.4, 0.5) is 0 Å². The fourth-order valence-corrected chi connectivity index (χ4v) is 2.50. The van der Waals surface area contributed by atoms with Crippen LogP contribution < -0.4 is 5.73 Å². The standard InChI is InChI=1S/C14H21N3O2/c1-10(18)13-6-7-17(9-13)8-11-2-4-12(5-3-11)14(15)16-19/h2-5,10,13,18-19H,6-9H2,1H3,(H2,15,16). The lowest BCUT2D eigenvalue weighted by atomic mass is 10.0. The van der Waals surface area contributed by atoms with E-state index in [0.29, 0.717) is 5.92 Å². The molecule has 0 aliphatic carbocycles. The maximum Gasteiger partial charge on any atom is 0.170 e. The first kappa shape index (κ1) is 13.8. The van der Waals surface area contributed by atoms with Gasteiger partial charge in [0.25, 0.3) is 0 Å². The molecule has 4 N–H and O–H groups in total. The van der Waals surface area contributed by atoms with Crippen molar-refractivity contribution in [1.82, 2.24) is 4.90 Å². The summed E-state index contributed by atoms with van der Waals surface area (Å²) in [5, 5.41) is 21.2. The van der Waals surface area contributed by atoms with Gasteiger partial charge in [0.2, 0.25) is 0 Å². The zero-order chi connectivity index (χ0) is 13.8. The van der Waals surface area contributed by atoms with E-state index in [9.17, 15) is 5.11 Å². The summed E-state index contributed by atoms with van der Waals surface area (Å²) in [5.41, 5.74) is 7.43. The zero-order valence-corrected chi connectivity index (χ0v) is 11.2. The van der Waals surface area contributed by atoms with Crippen LogP contribution in [0.15, 0.2) is 29.4 Å². The van der Waals surface area contributed by atoms with Crippen molar-refractivity contribution in [2.24, 2.45) is 16.8 Å². The molecule has 1 aliphatic rings. The molecule has 1 aliphatic heterocycles. The van der Waals surface area contributed by atoms with Gasteiger partial charge in [0.05, 0.1) is 6.10 Å². The Labute approximate surface area is 113 Å². The van der Waals surface area contributed by atoms with E-state index in [2.05, 4.69) is 10.1 Å². The van der Waals surface area contributed by atoms with Gasteiger partial charge in [0.1, 0.15) is 0 Å². The van der Waals surface area contributed by atoms with Gasteiger partial charge in [-0.25, -0.2) is 0 Å². The number of amidine groups is 1. The highest BCUT2D eigenvalue weighted by Crippen LogP contribution is 2.21. The molecule has 0 amide bonds. The zero-order valence-electron chi connectivity index (χ0n) is 11.2. The van der Waals surface area contributed by atoms with Gasteiger partial charge in [-0.1, -0.05) is 29.4 Å². The molecule has 2 unspecified atom stereocenters. The van der Waals surface area contributed by atoms with Crippen LogP contribution >= 0.6 is 0 Å². The number of nitrogens with zero attached hydrogens (tertiary/aromatic N) is 2. The van der Waals surface area contributed by atoms with Crippen LogP contribution in [0.2, 0.25) is 0 Å². The second-order valence-corrected chi connectivity index (χ2v) is 5.21. The number of rotatable bonds is 4. The van der Waals surface area contributed by atoms with Gasteiger partial charge in [-0.15, -0.1) is 0 Å². The van der Waals surface area contributed by atoms with Crippen LogP contribution in [0.5, 0.6) is 0 Å². The van der Waals surface area contributed by atoms with Crippen LogP contribution in [0, 0.1) is 5.92 Å². The highest BCUT2D eigenvalue weighted by Gasteiger charge is 2.25. The number of likely N-dealkylation sites (tertiary alicyclic amines) is 1. The number of nitrogens with two attached hydrogens (primary N) is 1. The largest absolute Gasteiger partial charge is 0.409 e. The summed E-state index contributed by atoms with van der Waals surface area (Å²) in [4.78, 5) is 2.34. The molecule has 0 spiro atoms. The molecule has 0 aromatic heterocycles. The summed E-state index contributed by atoms with van der Waals surface area (Å²) >= 11 is 0. The Morgan fingerprint density at radius 1 is 1.47 bits per heavy atom. The molecule has 5 heteroatoms. The van der Waals surface area contributed by atoms with Crippen molar-refractivity contribution in [2.45, 2.75) is 26.0 Å². The van der Waals surface area contributed by atoms with Gasteiger partial charge in [-0.05, 0) is 31.4 Å². The second-order valence-electron chi connectivity index (χ2n) is 5.21. The Bertz CT molecular complexity index is 443.